The maximum absolute atomic E-state index is 11.8. The van der Waals surface area contributed by atoms with Crippen molar-refractivity contribution < 1.29 is 4.79 Å². The van der Waals surface area contributed by atoms with Crippen molar-refractivity contribution in [3.8, 4) is 0 Å². The van der Waals surface area contributed by atoms with E-state index in [1.165, 1.54) is 0 Å². The summed E-state index contributed by atoms with van der Waals surface area (Å²) in [5, 5.41) is 13.2. The molecule has 1 aromatic rings. The molecule has 0 unspecified atom stereocenters. The van der Waals surface area contributed by atoms with Gasteiger partial charge in [0.25, 0.3) is 0 Å². The van der Waals surface area contributed by atoms with E-state index in [0.29, 0.717) is 6.54 Å². The van der Waals surface area contributed by atoms with Gasteiger partial charge in [-0.3, -0.25) is 15.2 Å². The molecule has 18 heavy (non-hydrogen) atoms. The molecule has 1 aromatic heterocycles. The maximum atomic E-state index is 11.8. The smallest absolute Gasteiger partial charge is 0.241 e. The fourth-order valence-corrected chi connectivity index (χ4v) is 1.78. The van der Waals surface area contributed by atoms with Gasteiger partial charge in [-0.05, 0) is 6.07 Å². The normalized spacial score (nSPS) is 19.2. The lowest BCUT2D eigenvalue weighted by Crippen LogP contribution is -2.40. The first-order valence-electron chi connectivity index (χ1n) is 6.19. The van der Waals surface area contributed by atoms with Crippen molar-refractivity contribution in [3.05, 3.63) is 29.6 Å². The summed E-state index contributed by atoms with van der Waals surface area (Å²) in [4.78, 5) is 11.8. The highest BCUT2D eigenvalue weighted by molar-refractivity contribution is 5.84. The lowest BCUT2D eigenvalue weighted by Gasteiger charge is -2.13. The van der Waals surface area contributed by atoms with Gasteiger partial charge in [0.15, 0.2) is 0 Å². The van der Waals surface area contributed by atoms with E-state index in [1.54, 1.807) is 0 Å². The van der Waals surface area contributed by atoms with Crippen molar-refractivity contribution in [3.63, 3.8) is 0 Å². The average Bonchev–Trinajstić information content (AvgIpc) is 2.96. The molecule has 0 bridgehead atoms. The van der Waals surface area contributed by atoms with E-state index < -0.39 is 0 Å². The Labute approximate surface area is 107 Å². The van der Waals surface area contributed by atoms with Crippen molar-refractivity contribution in [1.29, 1.82) is 0 Å². The van der Waals surface area contributed by atoms with Gasteiger partial charge in [0, 0.05) is 12.0 Å². The third-order valence-corrected chi connectivity index (χ3v) is 2.92. The SMILES string of the molecule is CC(C)(C)c1cc(CNC(=O)[C@H]2C=CCN2)[nH]n1. The zero-order valence-corrected chi connectivity index (χ0v) is 11.1. The summed E-state index contributed by atoms with van der Waals surface area (Å²) in [6.07, 6.45) is 3.83. The summed E-state index contributed by atoms with van der Waals surface area (Å²) < 4.78 is 0. The van der Waals surface area contributed by atoms with Crippen LogP contribution in [0.15, 0.2) is 18.2 Å². The largest absolute Gasteiger partial charge is 0.349 e. The predicted molar refractivity (Wildman–Crippen MR) is 70.1 cm³/mol. The predicted octanol–water partition coefficient (Wildman–Crippen LogP) is 0.851. The first-order chi connectivity index (χ1) is 8.47. The van der Waals surface area contributed by atoms with E-state index in [2.05, 4.69) is 41.6 Å². The number of nitrogens with one attached hydrogen (secondary N) is 3. The Balaban J connectivity index is 1.88. The van der Waals surface area contributed by atoms with Crippen molar-refractivity contribution in [2.45, 2.75) is 38.8 Å². The van der Waals surface area contributed by atoms with Gasteiger partial charge in [0.2, 0.25) is 5.91 Å². The van der Waals surface area contributed by atoms with Gasteiger partial charge in [0.05, 0.1) is 17.9 Å². The Morgan fingerprint density at radius 3 is 2.89 bits per heavy atom. The summed E-state index contributed by atoms with van der Waals surface area (Å²) in [5.41, 5.74) is 1.95. The van der Waals surface area contributed by atoms with Crippen LogP contribution in [0.25, 0.3) is 0 Å². The molecule has 0 aromatic carbocycles. The topological polar surface area (TPSA) is 69.8 Å². The molecule has 2 rings (SSSR count). The molecule has 1 amide bonds. The highest BCUT2D eigenvalue weighted by atomic mass is 16.2. The molecule has 0 saturated carbocycles. The van der Waals surface area contributed by atoms with Crippen LogP contribution in [0.4, 0.5) is 0 Å². The van der Waals surface area contributed by atoms with Crippen molar-refractivity contribution >= 4 is 5.91 Å². The van der Waals surface area contributed by atoms with Gasteiger partial charge in [-0.1, -0.05) is 32.9 Å². The Morgan fingerprint density at radius 1 is 1.56 bits per heavy atom. The minimum absolute atomic E-state index is 0.00402. The number of amides is 1. The van der Waals surface area contributed by atoms with Crippen molar-refractivity contribution in [2.75, 3.05) is 6.54 Å². The number of hydrogen-bond donors (Lipinski definition) is 3. The molecule has 3 N–H and O–H groups in total. The Hall–Kier alpha value is -1.62. The Morgan fingerprint density at radius 2 is 2.33 bits per heavy atom. The van der Waals surface area contributed by atoms with Gasteiger partial charge in [0.1, 0.15) is 6.04 Å². The third kappa shape index (κ3) is 2.98. The number of aromatic nitrogens is 2. The van der Waals surface area contributed by atoms with Crippen LogP contribution in [0.1, 0.15) is 32.2 Å². The summed E-state index contributed by atoms with van der Waals surface area (Å²) in [5.74, 6) is -0.00402. The number of hydrogen-bond acceptors (Lipinski definition) is 3. The molecule has 0 spiro atoms. The second-order valence-electron chi connectivity index (χ2n) is 5.56. The number of carbonyl (C=O) groups excluding carboxylic acids is 1. The van der Waals surface area contributed by atoms with Gasteiger partial charge < -0.3 is 5.32 Å². The van der Waals surface area contributed by atoms with Crippen LogP contribution in [0.2, 0.25) is 0 Å². The van der Waals surface area contributed by atoms with Crippen LogP contribution in [-0.2, 0) is 16.8 Å². The molecular weight excluding hydrogens is 228 g/mol. The van der Waals surface area contributed by atoms with Crippen LogP contribution in [0.3, 0.4) is 0 Å². The fraction of sp³-hybridized carbons (Fsp3) is 0.538. The second-order valence-corrected chi connectivity index (χ2v) is 5.56. The molecule has 0 saturated heterocycles. The van der Waals surface area contributed by atoms with E-state index in [1.807, 2.05) is 18.2 Å². The lowest BCUT2D eigenvalue weighted by molar-refractivity contribution is -0.122. The summed E-state index contributed by atoms with van der Waals surface area (Å²) in [6.45, 7) is 7.57. The van der Waals surface area contributed by atoms with E-state index in [0.717, 1.165) is 17.9 Å². The first kappa shape index (κ1) is 12.8. The number of H-pyrrole nitrogens is 1. The van der Waals surface area contributed by atoms with Gasteiger partial charge in [-0.25, -0.2) is 0 Å². The standard InChI is InChI=1S/C13H20N4O/c1-13(2,3)11-7-9(16-17-11)8-15-12(18)10-5-4-6-14-10/h4-5,7,10,14H,6,8H2,1-3H3,(H,15,18)(H,16,17)/t10-/m1/s1. The number of aromatic amines is 1. The molecule has 5 nitrogen and oxygen atoms in total. The van der Waals surface area contributed by atoms with Crippen LogP contribution in [0.5, 0.6) is 0 Å². The molecule has 0 aliphatic carbocycles. The van der Waals surface area contributed by atoms with Crippen LogP contribution < -0.4 is 10.6 Å². The number of carbonyl (C=O) groups is 1. The van der Waals surface area contributed by atoms with E-state index in [-0.39, 0.29) is 17.4 Å². The van der Waals surface area contributed by atoms with E-state index >= 15 is 0 Å². The number of rotatable bonds is 3. The third-order valence-electron chi connectivity index (χ3n) is 2.92. The highest BCUT2D eigenvalue weighted by Crippen LogP contribution is 2.20. The summed E-state index contributed by atoms with van der Waals surface area (Å²) in [7, 11) is 0. The zero-order chi connectivity index (χ0) is 13.2. The van der Waals surface area contributed by atoms with Crippen LogP contribution >= 0.6 is 0 Å². The molecule has 1 aliphatic rings. The minimum Gasteiger partial charge on any atom is -0.349 e. The van der Waals surface area contributed by atoms with E-state index in [4.69, 9.17) is 0 Å². The van der Waals surface area contributed by atoms with Gasteiger partial charge in [-0.15, -0.1) is 0 Å². The molecule has 1 aliphatic heterocycles. The molecule has 0 radical (unpaired) electrons. The molecule has 1 atom stereocenters. The number of nitrogens with zero attached hydrogens (tertiary/aromatic N) is 1. The molecular formula is C13H20N4O. The molecule has 98 valence electrons. The molecule has 2 heterocycles. The molecule has 5 heteroatoms. The maximum Gasteiger partial charge on any atom is 0.241 e. The monoisotopic (exact) mass is 248 g/mol. The first-order valence-corrected chi connectivity index (χ1v) is 6.19. The van der Waals surface area contributed by atoms with Crippen molar-refractivity contribution in [2.24, 2.45) is 0 Å². The average molecular weight is 248 g/mol. The lowest BCUT2D eigenvalue weighted by atomic mass is 9.92. The fourth-order valence-electron chi connectivity index (χ4n) is 1.78. The minimum atomic E-state index is -0.199. The van der Waals surface area contributed by atoms with Crippen LogP contribution in [0, 0.1) is 0 Å². The van der Waals surface area contributed by atoms with Crippen LogP contribution in [-0.4, -0.2) is 28.7 Å². The van der Waals surface area contributed by atoms with Crippen molar-refractivity contribution in [1.82, 2.24) is 20.8 Å². The van der Waals surface area contributed by atoms with Gasteiger partial charge in [-0.2, -0.15) is 5.10 Å². The zero-order valence-electron chi connectivity index (χ0n) is 11.1. The summed E-state index contributed by atoms with van der Waals surface area (Å²) in [6, 6.07) is 1.80. The Kier molecular flexibility index (Phi) is 3.52. The second kappa shape index (κ2) is 4.94. The molecule has 0 fully saturated rings. The van der Waals surface area contributed by atoms with E-state index in [9.17, 15) is 4.79 Å². The highest BCUT2D eigenvalue weighted by Gasteiger charge is 2.19. The van der Waals surface area contributed by atoms with Gasteiger partial charge >= 0.3 is 0 Å². The quantitative estimate of drug-likeness (QED) is 0.695. The summed E-state index contributed by atoms with van der Waals surface area (Å²) >= 11 is 0. The Bertz CT molecular complexity index is 456.